The number of carbonyl (C=O) groups excluding carboxylic acids is 4. The number of ether oxygens (including phenoxy) is 4. The number of likely N-dealkylation sites (N-methyl/N-ethyl adjacent to an activating group) is 2. The predicted molar refractivity (Wildman–Crippen MR) is 225 cm³/mol. The number of rotatable bonds is 20. The Kier molecular flexibility index (Phi) is 19.0. The quantitative estimate of drug-likeness (QED) is 0.0291. The van der Waals surface area contributed by atoms with Crippen LogP contribution in [0.15, 0.2) is 48.1 Å². The van der Waals surface area contributed by atoms with Gasteiger partial charge in [-0.1, -0.05) is 51.5 Å². The van der Waals surface area contributed by atoms with Crippen molar-refractivity contribution in [1.82, 2.24) is 9.80 Å². The minimum absolute atomic E-state index is 0.0224. The Bertz CT molecular complexity index is 1520. The van der Waals surface area contributed by atoms with Crippen molar-refractivity contribution in [2.24, 2.45) is 11.8 Å². The Morgan fingerprint density at radius 2 is 1.80 bits per heavy atom. The molecule has 10 atom stereocenters. The molecule has 3 N–H and O–H groups in total. The van der Waals surface area contributed by atoms with Crippen LogP contribution in [0.25, 0.3) is 0 Å². The fourth-order valence-corrected chi connectivity index (χ4v) is 7.65. The lowest BCUT2D eigenvalue weighted by Gasteiger charge is -2.37. The van der Waals surface area contributed by atoms with E-state index in [4.69, 9.17) is 18.9 Å². The summed E-state index contributed by atoms with van der Waals surface area (Å²) in [6, 6.07) is 0. The van der Waals surface area contributed by atoms with Gasteiger partial charge in [0.25, 0.3) is 11.8 Å². The predicted octanol–water partition coefficient (Wildman–Crippen LogP) is 4.86. The molecule has 0 aromatic rings. The second-order valence-electron chi connectivity index (χ2n) is 18.1. The molecule has 59 heavy (non-hydrogen) atoms. The summed E-state index contributed by atoms with van der Waals surface area (Å²) in [7, 11) is 7.48. The summed E-state index contributed by atoms with van der Waals surface area (Å²) in [5.41, 5.74) is -1.47. The number of hydrogen-bond donors (Lipinski definition) is 3. The van der Waals surface area contributed by atoms with Gasteiger partial charge in [-0.25, -0.2) is 4.79 Å². The molecular weight excluding hydrogens is 759 g/mol. The molecule has 1 fully saturated rings. The highest BCUT2D eigenvalue weighted by Gasteiger charge is 2.47. The van der Waals surface area contributed by atoms with Crippen molar-refractivity contribution in [3.05, 3.63) is 48.1 Å². The summed E-state index contributed by atoms with van der Waals surface area (Å²) in [5.74, 6) is -1.42. The summed E-state index contributed by atoms with van der Waals surface area (Å²) in [6.45, 7) is 13.6. The summed E-state index contributed by atoms with van der Waals surface area (Å²) in [6.07, 6.45) is 12.6. The molecule has 0 saturated carbocycles. The number of imide groups is 1. The molecule has 334 valence electrons. The van der Waals surface area contributed by atoms with E-state index in [0.29, 0.717) is 49.0 Å². The van der Waals surface area contributed by atoms with E-state index in [-0.39, 0.29) is 48.7 Å². The zero-order valence-electron chi connectivity index (χ0n) is 37.3. The molecule has 3 aliphatic rings. The van der Waals surface area contributed by atoms with Crippen molar-refractivity contribution in [3.8, 4) is 0 Å². The number of amides is 3. The van der Waals surface area contributed by atoms with E-state index in [1.165, 1.54) is 17.1 Å². The highest BCUT2D eigenvalue weighted by atomic mass is 16.6. The number of allylic oxidation sites excluding steroid dienone is 2. The Hall–Kier alpha value is -3.40. The van der Waals surface area contributed by atoms with Crippen LogP contribution >= 0.6 is 0 Å². The summed E-state index contributed by atoms with van der Waals surface area (Å²) in [5, 5.41) is 32.2. The van der Waals surface area contributed by atoms with Crippen LogP contribution in [0.5, 0.6) is 0 Å². The maximum Gasteiger partial charge on any atom is 0.410 e. The second-order valence-corrected chi connectivity index (χ2v) is 18.1. The molecular formula is C45H74N3O11+. The zero-order valence-corrected chi connectivity index (χ0v) is 37.3. The van der Waals surface area contributed by atoms with E-state index in [0.717, 1.165) is 32.2 Å². The van der Waals surface area contributed by atoms with E-state index in [1.54, 1.807) is 50.3 Å². The molecule has 0 spiro atoms. The van der Waals surface area contributed by atoms with Crippen molar-refractivity contribution in [3.63, 3.8) is 0 Å². The van der Waals surface area contributed by atoms with Gasteiger partial charge < -0.3 is 43.6 Å². The molecule has 3 heterocycles. The van der Waals surface area contributed by atoms with Crippen molar-refractivity contribution in [2.75, 3.05) is 54.4 Å². The largest absolute Gasteiger partial charge is 0.457 e. The fourth-order valence-electron chi connectivity index (χ4n) is 7.65. The van der Waals surface area contributed by atoms with E-state index >= 15 is 0 Å². The summed E-state index contributed by atoms with van der Waals surface area (Å²) in [4.78, 5) is 53.0. The highest BCUT2D eigenvalue weighted by molar-refractivity contribution is 6.12. The van der Waals surface area contributed by atoms with Crippen LogP contribution in [0.2, 0.25) is 0 Å². The average molecular weight is 833 g/mol. The molecule has 1 saturated heterocycles. The van der Waals surface area contributed by atoms with Crippen LogP contribution in [0.4, 0.5) is 4.79 Å². The first-order valence-electron chi connectivity index (χ1n) is 21.4. The number of cyclic esters (lactones) is 1. The Labute approximate surface area is 352 Å². The van der Waals surface area contributed by atoms with Crippen LogP contribution in [0.3, 0.4) is 0 Å². The van der Waals surface area contributed by atoms with Gasteiger partial charge in [0.15, 0.2) is 6.10 Å². The minimum atomic E-state index is -1.17. The van der Waals surface area contributed by atoms with Crippen LogP contribution in [-0.4, -0.2) is 156 Å². The number of hydrogen-bond acceptors (Lipinski definition) is 11. The number of quaternary nitrogens is 1. The minimum Gasteiger partial charge on any atom is -0.457 e. The maximum atomic E-state index is 13.6. The first-order valence-corrected chi connectivity index (χ1v) is 21.4. The van der Waals surface area contributed by atoms with Gasteiger partial charge in [-0.05, 0) is 70.9 Å². The molecule has 3 aliphatic heterocycles. The van der Waals surface area contributed by atoms with Gasteiger partial charge in [0.2, 0.25) is 0 Å². The number of epoxide rings is 1. The molecule has 1 unspecified atom stereocenters. The number of methoxy groups -OCH3 is 1. The number of esters is 1. The number of aliphatic hydroxyl groups excluding tert-OH is 2. The molecule has 3 amide bonds. The normalized spacial score (nSPS) is 29.7. The van der Waals surface area contributed by atoms with E-state index in [9.17, 15) is 34.5 Å². The van der Waals surface area contributed by atoms with Gasteiger partial charge in [0.05, 0.1) is 70.2 Å². The smallest absolute Gasteiger partial charge is 0.410 e. The molecule has 14 nitrogen and oxygen atoms in total. The van der Waals surface area contributed by atoms with E-state index in [2.05, 4.69) is 14.1 Å². The first-order chi connectivity index (χ1) is 27.6. The number of aliphatic hydroxyl groups is 3. The first kappa shape index (κ1) is 50.0. The van der Waals surface area contributed by atoms with E-state index < -0.39 is 47.7 Å². The van der Waals surface area contributed by atoms with Crippen LogP contribution < -0.4 is 0 Å². The van der Waals surface area contributed by atoms with Crippen molar-refractivity contribution < 1.29 is 57.9 Å². The Morgan fingerprint density at radius 1 is 1.14 bits per heavy atom. The lowest BCUT2D eigenvalue weighted by atomic mass is 9.88. The van der Waals surface area contributed by atoms with Crippen molar-refractivity contribution in [2.45, 2.75) is 147 Å². The Balaban J connectivity index is 1.63. The van der Waals surface area contributed by atoms with Crippen molar-refractivity contribution >= 4 is 23.9 Å². The average Bonchev–Trinajstić information content (AvgIpc) is 3.86. The van der Waals surface area contributed by atoms with Gasteiger partial charge in [-0.3, -0.25) is 19.3 Å². The third-order valence-electron chi connectivity index (χ3n) is 12.2. The zero-order chi connectivity index (χ0) is 44.1. The number of unbranched alkanes of at least 4 members (excludes halogenated alkanes) is 3. The lowest BCUT2D eigenvalue weighted by Crippen LogP contribution is -2.49. The van der Waals surface area contributed by atoms with Gasteiger partial charge >= 0.3 is 12.1 Å². The molecule has 0 aromatic carbocycles. The number of carbonyl (C=O) groups is 4. The SMILES string of the molecule is CC[C@H](O)[C@@H](C)[C@H]1O[C@@H]1CC(C)(O)/C=C/C=C(\C)[C@H]1OC(=O)C[C@H](O)CC[C@@](C)(OC)[C@@H](OC(=O)N(C)CC[N+](C)(C)CCCCCCN2C(=O)C=CC2=O)/C=C/[C@@H]1C. The number of nitrogens with zero attached hydrogens (tertiary/aromatic N) is 3. The van der Waals surface area contributed by atoms with E-state index in [1.807, 2.05) is 40.7 Å². The standard InChI is InChI=1S/C45H74N3O11/c1-11-35(50)33(4)42-36(57-42)30-44(5,55)23-16-17-31(2)41-32(3)18-19-37(45(6,56-10)24-22-34(49)29-40(53)59-41)58-43(54)46(7)26-28-48(8,9)27-15-13-12-14-25-47-38(51)20-21-39(47)52/h16-21,23,32-37,41-42,49-50,55H,11-15,22,24-30H2,1-10H3/q+1/b19-18+,23-16+,31-17+/t32-,33+,34+,35-,36+,37-,41+,42+,44?,45+/m0/s1. The second kappa shape index (κ2) is 22.4. The van der Waals surface area contributed by atoms with Crippen molar-refractivity contribution in [1.29, 1.82) is 0 Å². The van der Waals surface area contributed by atoms with Crippen LogP contribution in [0.1, 0.15) is 99.3 Å². The van der Waals surface area contributed by atoms with Crippen LogP contribution in [-0.2, 0) is 33.3 Å². The molecule has 0 aliphatic carbocycles. The Morgan fingerprint density at radius 3 is 2.44 bits per heavy atom. The maximum absolute atomic E-state index is 13.6. The van der Waals surface area contributed by atoms with Gasteiger partial charge in [-0.15, -0.1) is 0 Å². The monoisotopic (exact) mass is 833 g/mol. The van der Waals surface area contributed by atoms with Gasteiger partial charge in [0, 0.05) is 51.1 Å². The topological polar surface area (TPSA) is 176 Å². The van der Waals surface area contributed by atoms with Gasteiger partial charge in [-0.2, -0.15) is 0 Å². The molecule has 0 bridgehead atoms. The molecule has 0 radical (unpaired) electrons. The van der Waals surface area contributed by atoms with Gasteiger partial charge in [0.1, 0.15) is 11.7 Å². The third kappa shape index (κ3) is 15.9. The summed E-state index contributed by atoms with van der Waals surface area (Å²) >= 11 is 0. The fraction of sp³-hybridized carbons (Fsp3) is 0.733. The lowest BCUT2D eigenvalue weighted by molar-refractivity contribution is -0.889. The highest BCUT2D eigenvalue weighted by Crippen LogP contribution is 2.38. The summed E-state index contributed by atoms with van der Waals surface area (Å²) < 4.78 is 24.5. The molecule has 3 rings (SSSR count). The third-order valence-corrected chi connectivity index (χ3v) is 12.2. The molecule has 0 aromatic heterocycles. The molecule has 14 heteroatoms. The van der Waals surface area contributed by atoms with Crippen LogP contribution in [0, 0.1) is 11.8 Å².